The van der Waals surface area contributed by atoms with E-state index in [0.29, 0.717) is 0 Å². The molecule has 0 aliphatic rings. The van der Waals surface area contributed by atoms with E-state index in [9.17, 15) is 0 Å². The van der Waals surface area contributed by atoms with Crippen molar-refractivity contribution in [1.82, 2.24) is 0 Å². The molecular weight excluding hydrogens is 565 g/mol. The average Bonchev–Trinajstić information content (AvgIpc) is 3.08. The Kier molecular flexibility index (Phi) is 9.23. The van der Waals surface area contributed by atoms with Gasteiger partial charge in [-0.2, -0.15) is 0 Å². The minimum Gasteiger partial charge on any atom is -0.313 e. The van der Waals surface area contributed by atoms with Gasteiger partial charge in [-0.3, -0.25) is 0 Å². The Balaban J connectivity index is 1.64. The molecular formula is C38H33OP3. The molecule has 0 aromatic heterocycles. The summed E-state index contributed by atoms with van der Waals surface area (Å²) in [5.74, 6) is 0. The number of benzene rings is 6. The second-order valence-corrected chi connectivity index (χ2v) is 18.2. The summed E-state index contributed by atoms with van der Waals surface area (Å²) in [7, 11) is -4.99. The van der Waals surface area contributed by atoms with Crippen molar-refractivity contribution < 1.29 is 4.57 Å². The predicted octanol–water partition coefficient (Wildman–Crippen LogP) is 7.59. The first kappa shape index (κ1) is 28.5. The van der Waals surface area contributed by atoms with E-state index in [2.05, 4.69) is 146 Å². The fourth-order valence-corrected chi connectivity index (χ4v) is 17.3. The molecule has 0 unspecified atom stereocenters. The molecule has 0 fully saturated rings. The minimum absolute atomic E-state index is 0.131. The molecule has 0 aliphatic heterocycles. The van der Waals surface area contributed by atoms with Gasteiger partial charge in [0.05, 0.1) is 5.40 Å². The van der Waals surface area contributed by atoms with E-state index >= 15 is 4.57 Å². The van der Waals surface area contributed by atoms with Gasteiger partial charge in [0.25, 0.3) is 0 Å². The maximum absolute atomic E-state index is 16.3. The Bertz CT molecular complexity index is 1590. The van der Waals surface area contributed by atoms with Crippen molar-refractivity contribution >= 4 is 54.8 Å². The van der Waals surface area contributed by atoms with Crippen LogP contribution in [0.2, 0.25) is 0 Å². The van der Waals surface area contributed by atoms with Gasteiger partial charge in [-0.25, -0.2) is 0 Å². The molecule has 4 heteroatoms. The van der Waals surface area contributed by atoms with E-state index < -0.39 is 23.0 Å². The highest BCUT2D eigenvalue weighted by Crippen LogP contribution is 2.64. The van der Waals surface area contributed by atoms with Crippen molar-refractivity contribution in [2.45, 2.75) is 5.40 Å². The number of hydrogen-bond acceptors (Lipinski definition) is 1. The highest BCUT2D eigenvalue weighted by atomic mass is 31.2. The van der Waals surface area contributed by atoms with E-state index in [1.807, 2.05) is 36.4 Å². The summed E-state index contributed by atoms with van der Waals surface area (Å²) in [5, 5.41) is 6.86. The maximum atomic E-state index is 16.3. The Labute approximate surface area is 252 Å². The highest BCUT2D eigenvalue weighted by Gasteiger charge is 2.44. The largest absolute Gasteiger partial charge is 0.313 e. The summed E-state index contributed by atoms with van der Waals surface area (Å²) in [6.07, 6.45) is 0.805. The molecule has 0 aliphatic carbocycles. The summed E-state index contributed by atoms with van der Waals surface area (Å²) >= 11 is 0. The van der Waals surface area contributed by atoms with Crippen LogP contribution in [0.1, 0.15) is 0 Å². The lowest BCUT2D eigenvalue weighted by molar-refractivity contribution is 0.586. The summed E-state index contributed by atoms with van der Waals surface area (Å²) < 4.78 is 16.3. The van der Waals surface area contributed by atoms with Crippen LogP contribution in [0.15, 0.2) is 182 Å². The summed E-state index contributed by atoms with van der Waals surface area (Å²) in [4.78, 5) is 0. The van der Waals surface area contributed by atoms with Crippen LogP contribution < -0.4 is 31.8 Å². The molecule has 6 aromatic rings. The first-order valence-corrected chi connectivity index (χ1v) is 18.9. The van der Waals surface area contributed by atoms with Crippen LogP contribution in [0, 0.1) is 0 Å². The Morgan fingerprint density at radius 2 is 0.690 bits per heavy atom. The Morgan fingerprint density at radius 3 is 1.02 bits per heavy atom. The second kappa shape index (κ2) is 13.6. The average molecular weight is 599 g/mol. The lowest BCUT2D eigenvalue weighted by Gasteiger charge is -2.38. The number of hydrogen-bond donors (Lipinski definition) is 0. The van der Waals surface area contributed by atoms with Gasteiger partial charge in [0.2, 0.25) is 0 Å². The molecule has 42 heavy (non-hydrogen) atoms. The van der Waals surface area contributed by atoms with Gasteiger partial charge in [-0.15, -0.1) is 0 Å². The van der Waals surface area contributed by atoms with Gasteiger partial charge >= 0.3 is 0 Å². The van der Waals surface area contributed by atoms with E-state index in [-0.39, 0.29) is 5.40 Å². The monoisotopic (exact) mass is 598 g/mol. The fourth-order valence-electron chi connectivity index (χ4n) is 5.56. The smallest absolute Gasteiger partial charge is 0.151 e. The molecule has 0 bridgehead atoms. The Morgan fingerprint density at radius 1 is 0.405 bits per heavy atom. The summed E-state index contributed by atoms with van der Waals surface area (Å²) in [5.41, 5.74) is 0. The molecule has 0 saturated heterocycles. The standard InChI is InChI=1S/C38H33OP3/c39-42(36-27-15-5-16-28-36,37-29-17-6-18-30-37)38(41(34-23-11-3-12-24-34)35-25-13-4-14-26-35)31-40(32-19-7-1-8-20-32)33-21-9-2-10-22-33/h1-30,38H,31H2/t38-/m0/s1. The molecule has 206 valence electrons. The van der Waals surface area contributed by atoms with Crippen LogP contribution in [0.3, 0.4) is 0 Å². The van der Waals surface area contributed by atoms with Gasteiger partial charge in [0.15, 0.2) is 7.14 Å². The third-order valence-corrected chi connectivity index (χ3v) is 18.0. The van der Waals surface area contributed by atoms with E-state index in [0.717, 1.165) is 16.8 Å². The molecule has 0 radical (unpaired) electrons. The van der Waals surface area contributed by atoms with Gasteiger partial charge < -0.3 is 4.57 Å². The number of rotatable bonds is 10. The first-order valence-electron chi connectivity index (χ1n) is 14.2. The third kappa shape index (κ3) is 6.11. The van der Waals surface area contributed by atoms with Crippen molar-refractivity contribution in [3.05, 3.63) is 182 Å². The van der Waals surface area contributed by atoms with E-state index in [1.165, 1.54) is 21.2 Å². The topological polar surface area (TPSA) is 17.1 Å². The highest BCUT2D eigenvalue weighted by molar-refractivity contribution is 7.93. The van der Waals surface area contributed by atoms with Crippen LogP contribution in [0.5, 0.6) is 0 Å². The predicted molar refractivity (Wildman–Crippen MR) is 187 cm³/mol. The molecule has 0 heterocycles. The van der Waals surface area contributed by atoms with Crippen molar-refractivity contribution in [1.29, 1.82) is 0 Å². The SMILES string of the molecule is O=P(c1ccccc1)(c1ccccc1)[C@@H](CP(c1ccccc1)c1ccccc1)P(c1ccccc1)c1ccccc1. The van der Waals surface area contributed by atoms with Gasteiger partial charge in [0, 0.05) is 10.6 Å². The summed E-state index contributed by atoms with van der Waals surface area (Å²) in [6, 6.07) is 63.8. The fraction of sp³-hybridized carbons (Fsp3) is 0.0526. The van der Waals surface area contributed by atoms with Crippen LogP contribution in [-0.4, -0.2) is 11.6 Å². The van der Waals surface area contributed by atoms with E-state index in [1.54, 1.807) is 0 Å². The van der Waals surface area contributed by atoms with Crippen molar-refractivity contribution in [3.8, 4) is 0 Å². The van der Waals surface area contributed by atoms with Crippen molar-refractivity contribution in [2.24, 2.45) is 0 Å². The third-order valence-electron chi connectivity index (χ3n) is 7.55. The lowest BCUT2D eigenvalue weighted by atomic mass is 10.4. The molecule has 0 spiro atoms. The molecule has 1 nitrogen and oxygen atoms in total. The quantitative estimate of drug-likeness (QED) is 0.149. The zero-order chi connectivity index (χ0) is 28.6. The van der Waals surface area contributed by atoms with E-state index in [4.69, 9.17) is 0 Å². The minimum atomic E-state index is -3.17. The van der Waals surface area contributed by atoms with Crippen LogP contribution in [-0.2, 0) is 4.57 Å². The molecule has 0 saturated carbocycles. The molecule has 0 N–H and O–H groups in total. The zero-order valence-electron chi connectivity index (χ0n) is 23.4. The maximum Gasteiger partial charge on any atom is 0.151 e. The van der Waals surface area contributed by atoms with Gasteiger partial charge in [0.1, 0.15) is 0 Å². The van der Waals surface area contributed by atoms with Crippen LogP contribution in [0.25, 0.3) is 0 Å². The van der Waals surface area contributed by atoms with Gasteiger partial charge in [-0.05, 0) is 43.2 Å². The van der Waals surface area contributed by atoms with Crippen molar-refractivity contribution in [2.75, 3.05) is 6.16 Å². The zero-order valence-corrected chi connectivity index (χ0v) is 26.0. The van der Waals surface area contributed by atoms with Crippen LogP contribution >= 0.6 is 23.0 Å². The summed E-state index contributed by atoms with van der Waals surface area (Å²) in [6.45, 7) is 0. The first-order chi connectivity index (χ1) is 20.7. The lowest BCUT2D eigenvalue weighted by Crippen LogP contribution is -2.34. The van der Waals surface area contributed by atoms with Crippen LogP contribution in [0.4, 0.5) is 0 Å². The Hall–Kier alpha value is -3.59. The molecule has 6 rings (SSSR count). The molecule has 0 amide bonds. The second-order valence-electron chi connectivity index (χ2n) is 10.1. The normalized spacial score (nSPS) is 12.3. The van der Waals surface area contributed by atoms with Crippen molar-refractivity contribution in [3.63, 3.8) is 0 Å². The molecule has 1 atom stereocenters. The molecule has 6 aromatic carbocycles. The van der Waals surface area contributed by atoms with Gasteiger partial charge in [-0.1, -0.05) is 182 Å².